The van der Waals surface area contributed by atoms with Crippen molar-refractivity contribution in [2.45, 2.75) is 40.0 Å². The summed E-state index contributed by atoms with van der Waals surface area (Å²) < 4.78 is 0. The second kappa shape index (κ2) is 6.30. The van der Waals surface area contributed by atoms with E-state index >= 15 is 0 Å². The van der Waals surface area contributed by atoms with Crippen molar-refractivity contribution in [3.8, 4) is 0 Å². The molecule has 0 radical (unpaired) electrons. The van der Waals surface area contributed by atoms with Crippen LogP contribution in [0.2, 0.25) is 0 Å². The summed E-state index contributed by atoms with van der Waals surface area (Å²) in [6, 6.07) is 0. The summed E-state index contributed by atoms with van der Waals surface area (Å²) >= 11 is 0. The van der Waals surface area contributed by atoms with E-state index in [2.05, 4.69) is 19.6 Å². The Hall–Kier alpha value is -1.18. The fourth-order valence-corrected chi connectivity index (χ4v) is 1.30. The highest BCUT2D eigenvalue weighted by Crippen LogP contribution is 2.16. The molecule has 0 fully saturated rings. The van der Waals surface area contributed by atoms with E-state index in [0.717, 1.165) is 36.1 Å². The van der Waals surface area contributed by atoms with Crippen molar-refractivity contribution in [3.05, 3.63) is 35.2 Å². The van der Waals surface area contributed by atoms with Crippen LogP contribution in [-0.4, -0.2) is 0 Å². The molecule has 0 aliphatic rings. The molecule has 0 aromatic carbocycles. The predicted octanol–water partition coefficient (Wildman–Crippen LogP) is 2.83. The number of nitrogens with two attached hydrogens (primary N) is 2. The Kier molecular flexibility index (Phi) is 5.77. The van der Waals surface area contributed by atoms with E-state index in [0.29, 0.717) is 5.70 Å². The fraction of sp³-hybridized carbons (Fsp3) is 0.500. The topological polar surface area (TPSA) is 52.0 Å². The summed E-state index contributed by atoms with van der Waals surface area (Å²) in [5, 5.41) is 0. The van der Waals surface area contributed by atoms with Gasteiger partial charge in [-0.2, -0.15) is 0 Å². The van der Waals surface area contributed by atoms with Crippen molar-refractivity contribution in [2.75, 3.05) is 0 Å². The van der Waals surface area contributed by atoms with Gasteiger partial charge in [0, 0.05) is 11.4 Å². The number of hydrogen-bond donors (Lipinski definition) is 2. The highest BCUT2D eigenvalue weighted by molar-refractivity contribution is 5.39. The maximum atomic E-state index is 5.98. The van der Waals surface area contributed by atoms with Crippen molar-refractivity contribution in [1.82, 2.24) is 0 Å². The van der Waals surface area contributed by atoms with Crippen LogP contribution >= 0.6 is 0 Å². The third-order valence-electron chi connectivity index (χ3n) is 2.23. The Bertz CT molecular complexity index is 259. The quantitative estimate of drug-likeness (QED) is 0.661. The van der Waals surface area contributed by atoms with E-state index in [-0.39, 0.29) is 0 Å². The third kappa shape index (κ3) is 3.69. The van der Waals surface area contributed by atoms with Gasteiger partial charge in [-0.3, -0.25) is 0 Å². The van der Waals surface area contributed by atoms with Crippen molar-refractivity contribution < 1.29 is 0 Å². The maximum absolute atomic E-state index is 5.98. The molecule has 80 valence electrons. The molecule has 0 aromatic rings. The van der Waals surface area contributed by atoms with Crippen LogP contribution in [-0.2, 0) is 0 Å². The molecule has 0 spiro atoms. The Morgan fingerprint density at radius 3 is 2.21 bits per heavy atom. The summed E-state index contributed by atoms with van der Waals surface area (Å²) in [5.41, 5.74) is 15.1. The monoisotopic (exact) mass is 194 g/mol. The van der Waals surface area contributed by atoms with E-state index < -0.39 is 0 Å². The second-order valence-corrected chi connectivity index (χ2v) is 3.45. The normalized spacial score (nSPS) is 13.8. The molecule has 2 heteroatoms. The van der Waals surface area contributed by atoms with Crippen molar-refractivity contribution >= 4 is 0 Å². The Balaban J connectivity index is 4.85. The van der Waals surface area contributed by atoms with Gasteiger partial charge in [0.25, 0.3) is 0 Å². The average molecular weight is 194 g/mol. The minimum Gasteiger partial charge on any atom is -0.399 e. The third-order valence-corrected chi connectivity index (χ3v) is 2.23. The maximum Gasteiger partial charge on any atom is 0.0393 e. The first-order valence-electron chi connectivity index (χ1n) is 5.15. The van der Waals surface area contributed by atoms with Gasteiger partial charge >= 0.3 is 0 Å². The molecule has 0 unspecified atom stereocenters. The smallest absolute Gasteiger partial charge is 0.0393 e. The van der Waals surface area contributed by atoms with Crippen LogP contribution in [0.3, 0.4) is 0 Å². The standard InChI is InChI=1S/C12H22N2/c1-5-7-8-9(3)12(14)11(6-2)10(4)13/h8H,4-7,13-14H2,1-3H3/b9-8-,12-11+. The first-order chi connectivity index (χ1) is 6.54. The highest BCUT2D eigenvalue weighted by atomic mass is 14.6. The molecule has 0 aliphatic carbocycles. The van der Waals surface area contributed by atoms with Gasteiger partial charge in [0.15, 0.2) is 0 Å². The lowest BCUT2D eigenvalue weighted by Crippen LogP contribution is -2.09. The van der Waals surface area contributed by atoms with Gasteiger partial charge in [-0.1, -0.05) is 32.9 Å². The first kappa shape index (κ1) is 12.8. The lowest BCUT2D eigenvalue weighted by Gasteiger charge is -2.10. The fourth-order valence-electron chi connectivity index (χ4n) is 1.30. The van der Waals surface area contributed by atoms with Crippen LogP contribution in [0.15, 0.2) is 35.2 Å². The van der Waals surface area contributed by atoms with Crippen molar-refractivity contribution in [3.63, 3.8) is 0 Å². The number of allylic oxidation sites excluding steroid dienone is 3. The van der Waals surface area contributed by atoms with Crippen LogP contribution in [0.1, 0.15) is 40.0 Å². The van der Waals surface area contributed by atoms with Gasteiger partial charge in [0.2, 0.25) is 0 Å². The summed E-state index contributed by atoms with van der Waals surface area (Å²) in [6.45, 7) is 9.92. The molecule has 0 atom stereocenters. The van der Waals surface area contributed by atoms with E-state index in [9.17, 15) is 0 Å². The predicted molar refractivity (Wildman–Crippen MR) is 63.5 cm³/mol. The lowest BCUT2D eigenvalue weighted by molar-refractivity contribution is 0.944. The van der Waals surface area contributed by atoms with Crippen molar-refractivity contribution in [1.29, 1.82) is 0 Å². The molecular weight excluding hydrogens is 172 g/mol. The SMILES string of the molecule is C=C(N)/C(CC)=C(N)\C(C)=C/CCC. The molecule has 0 aromatic heterocycles. The number of rotatable bonds is 5. The van der Waals surface area contributed by atoms with Crippen LogP contribution in [0.4, 0.5) is 0 Å². The molecular formula is C12H22N2. The molecule has 0 bridgehead atoms. The zero-order chi connectivity index (χ0) is 11.1. The van der Waals surface area contributed by atoms with E-state index in [1.807, 2.05) is 13.8 Å². The molecule has 0 aliphatic heterocycles. The zero-order valence-corrected chi connectivity index (χ0v) is 9.56. The average Bonchev–Trinajstić information content (AvgIpc) is 2.14. The molecule has 0 saturated heterocycles. The van der Waals surface area contributed by atoms with Crippen LogP contribution in [0.25, 0.3) is 0 Å². The van der Waals surface area contributed by atoms with Gasteiger partial charge in [-0.25, -0.2) is 0 Å². The van der Waals surface area contributed by atoms with Gasteiger partial charge in [-0.05, 0) is 30.9 Å². The van der Waals surface area contributed by atoms with E-state index in [4.69, 9.17) is 11.5 Å². The lowest BCUT2D eigenvalue weighted by atomic mass is 10.0. The summed E-state index contributed by atoms with van der Waals surface area (Å²) in [5.74, 6) is 0. The molecule has 0 amide bonds. The molecule has 0 saturated carbocycles. The summed E-state index contributed by atoms with van der Waals surface area (Å²) in [4.78, 5) is 0. The zero-order valence-electron chi connectivity index (χ0n) is 9.56. The molecule has 0 heterocycles. The Labute approximate surface area is 87.4 Å². The largest absolute Gasteiger partial charge is 0.399 e. The number of unbranched alkanes of at least 4 members (excludes halogenated alkanes) is 1. The second-order valence-electron chi connectivity index (χ2n) is 3.45. The molecule has 2 nitrogen and oxygen atoms in total. The minimum atomic E-state index is 0.578. The van der Waals surface area contributed by atoms with Gasteiger partial charge in [0.05, 0.1) is 0 Å². The molecule has 4 N–H and O–H groups in total. The van der Waals surface area contributed by atoms with Crippen LogP contribution in [0.5, 0.6) is 0 Å². The van der Waals surface area contributed by atoms with Crippen LogP contribution < -0.4 is 11.5 Å². The van der Waals surface area contributed by atoms with E-state index in [1.165, 1.54) is 0 Å². The minimum absolute atomic E-state index is 0.578. The highest BCUT2D eigenvalue weighted by Gasteiger charge is 2.04. The summed E-state index contributed by atoms with van der Waals surface area (Å²) in [7, 11) is 0. The van der Waals surface area contributed by atoms with Crippen LogP contribution in [0, 0.1) is 0 Å². The van der Waals surface area contributed by atoms with Gasteiger partial charge in [0.1, 0.15) is 0 Å². The van der Waals surface area contributed by atoms with Gasteiger partial charge in [-0.15, -0.1) is 0 Å². The van der Waals surface area contributed by atoms with E-state index in [1.54, 1.807) is 0 Å². The number of hydrogen-bond acceptors (Lipinski definition) is 2. The first-order valence-corrected chi connectivity index (χ1v) is 5.15. The summed E-state index contributed by atoms with van der Waals surface area (Å²) in [6.07, 6.45) is 5.17. The molecule has 14 heavy (non-hydrogen) atoms. The van der Waals surface area contributed by atoms with Crippen molar-refractivity contribution in [2.24, 2.45) is 11.5 Å². The Morgan fingerprint density at radius 2 is 1.86 bits per heavy atom. The van der Waals surface area contributed by atoms with Gasteiger partial charge < -0.3 is 11.5 Å². The molecule has 0 rings (SSSR count). The Morgan fingerprint density at radius 1 is 1.29 bits per heavy atom.